The summed E-state index contributed by atoms with van der Waals surface area (Å²) in [6.45, 7) is 5.16. The van der Waals surface area contributed by atoms with Crippen molar-refractivity contribution in [3.63, 3.8) is 0 Å². The average Bonchev–Trinajstić information content (AvgIpc) is 2.76. The van der Waals surface area contributed by atoms with E-state index in [-0.39, 0.29) is 11.9 Å². The maximum absolute atomic E-state index is 10.8. The summed E-state index contributed by atoms with van der Waals surface area (Å²) < 4.78 is 7.54. The molecule has 0 aliphatic carbocycles. The first-order valence-electron chi connectivity index (χ1n) is 6.63. The Hall–Kier alpha value is -1.24. The van der Waals surface area contributed by atoms with Crippen LogP contribution in [0.25, 0.3) is 11.0 Å². The van der Waals surface area contributed by atoms with E-state index in [1.165, 1.54) is 11.8 Å². The first kappa shape index (κ1) is 16.1. The van der Waals surface area contributed by atoms with Crippen LogP contribution in [0.15, 0.2) is 23.4 Å². The number of nitrogens with zero attached hydrogens (tertiary/aromatic N) is 2. The number of ether oxygens (including phenoxy) is 1. The third kappa shape index (κ3) is 3.90. The number of imidazole rings is 1. The van der Waals surface area contributed by atoms with E-state index in [0.29, 0.717) is 28.8 Å². The number of para-hydroxylation sites is 1. The molecule has 1 atom stereocenters. The summed E-state index contributed by atoms with van der Waals surface area (Å²) in [4.78, 5) is 15.3. The van der Waals surface area contributed by atoms with Gasteiger partial charge in [-0.3, -0.25) is 4.79 Å². The molecule has 1 aromatic carbocycles. The number of benzene rings is 1. The molecule has 2 rings (SSSR count). The van der Waals surface area contributed by atoms with Crippen LogP contribution in [-0.2, 0) is 16.1 Å². The van der Waals surface area contributed by atoms with Gasteiger partial charge in [-0.2, -0.15) is 0 Å². The zero-order chi connectivity index (χ0) is 15.4. The molecule has 0 saturated carbocycles. The second-order valence-corrected chi connectivity index (χ2v) is 5.91. The normalized spacial score (nSPS) is 12.7. The average molecular weight is 329 g/mol. The van der Waals surface area contributed by atoms with Crippen molar-refractivity contribution in [2.75, 3.05) is 12.4 Å². The van der Waals surface area contributed by atoms with E-state index in [0.717, 1.165) is 5.52 Å². The highest BCUT2D eigenvalue weighted by Gasteiger charge is 2.16. The van der Waals surface area contributed by atoms with Crippen molar-refractivity contribution < 1.29 is 14.6 Å². The zero-order valence-corrected chi connectivity index (χ0v) is 13.4. The van der Waals surface area contributed by atoms with Gasteiger partial charge in [0.25, 0.3) is 0 Å². The second kappa shape index (κ2) is 7.15. The predicted molar refractivity (Wildman–Crippen MR) is 84.2 cm³/mol. The number of hydrogen-bond donors (Lipinski definition) is 1. The summed E-state index contributed by atoms with van der Waals surface area (Å²) >= 11 is 7.36. The number of aliphatic carboxylic acids is 1. The fraction of sp³-hybridized carbons (Fsp3) is 0.429. The minimum atomic E-state index is -0.873. The zero-order valence-electron chi connectivity index (χ0n) is 11.9. The quantitative estimate of drug-likeness (QED) is 0.790. The van der Waals surface area contributed by atoms with Crippen LogP contribution in [0.1, 0.15) is 13.8 Å². The van der Waals surface area contributed by atoms with E-state index in [1.807, 2.05) is 30.5 Å². The molecule has 21 heavy (non-hydrogen) atoms. The van der Waals surface area contributed by atoms with Crippen LogP contribution in [0.3, 0.4) is 0 Å². The van der Waals surface area contributed by atoms with Crippen molar-refractivity contribution in [3.05, 3.63) is 23.2 Å². The molecule has 0 radical (unpaired) electrons. The number of fused-ring (bicyclic) bond motifs is 1. The Kier molecular flexibility index (Phi) is 5.50. The molecule has 5 nitrogen and oxygen atoms in total. The Labute approximate surface area is 132 Å². The molecule has 2 aromatic rings. The van der Waals surface area contributed by atoms with Crippen LogP contribution in [-0.4, -0.2) is 39.1 Å². The summed E-state index contributed by atoms with van der Waals surface area (Å²) in [7, 11) is 0. The van der Waals surface area contributed by atoms with Crippen molar-refractivity contribution in [2.24, 2.45) is 0 Å². The molecular formula is C14H17ClN2O3S. The molecule has 0 spiro atoms. The summed E-state index contributed by atoms with van der Waals surface area (Å²) in [5.41, 5.74) is 1.58. The number of carboxylic acids is 1. The van der Waals surface area contributed by atoms with Crippen molar-refractivity contribution in [2.45, 2.75) is 31.7 Å². The van der Waals surface area contributed by atoms with Crippen molar-refractivity contribution in [1.29, 1.82) is 0 Å². The lowest BCUT2D eigenvalue weighted by Gasteiger charge is -2.15. The van der Waals surface area contributed by atoms with E-state index in [9.17, 15) is 4.79 Å². The van der Waals surface area contributed by atoms with Crippen LogP contribution in [0.2, 0.25) is 5.02 Å². The second-order valence-electron chi connectivity index (χ2n) is 4.56. The summed E-state index contributed by atoms with van der Waals surface area (Å²) in [6, 6.07) is 5.57. The molecule has 0 amide bonds. The van der Waals surface area contributed by atoms with Gasteiger partial charge >= 0.3 is 5.97 Å². The molecule has 0 bridgehead atoms. The van der Waals surface area contributed by atoms with E-state index >= 15 is 0 Å². The van der Waals surface area contributed by atoms with Crippen molar-refractivity contribution in [3.8, 4) is 0 Å². The standard InChI is InChI=1S/C14H17ClN2O3S/c1-3-20-9(2)7-17-11-6-4-5-10(15)13(11)16-14(17)21-8-12(18)19/h4-6,9H,3,7-8H2,1-2H3,(H,18,19). The predicted octanol–water partition coefficient (Wildman–Crippen LogP) is 3.29. The van der Waals surface area contributed by atoms with Crippen LogP contribution < -0.4 is 0 Å². The van der Waals surface area contributed by atoms with Gasteiger partial charge in [-0.1, -0.05) is 29.4 Å². The van der Waals surface area contributed by atoms with Crippen LogP contribution in [0, 0.1) is 0 Å². The third-order valence-electron chi connectivity index (χ3n) is 2.91. The van der Waals surface area contributed by atoms with Gasteiger partial charge in [-0.15, -0.1) is 0 Å². The molecule has 1 aromatic heterocycles. The van der Waals surface area contributed by atoms with Crippen LogP contribution >= 0.6 is 23.4 Å². The lowest BCUT2D eigenvalue weighted by Crippen LogP contribution is -2.17. The Morgan fingerprint density at radius 2 is 2.33 bits per heavy atom. The highest BCUT2D eigenvalue weighted by molar-refractivity contribution is 7.99. The molecule has 0 aliphatic heterocycles. The molecule has 0 saturated heterocycles. The van der Waals surface area contributed by atoms with Gasteiger partial charge in [0, 0.05) is 6.61 Å². The minimum absolute atomic E-state index is 0.00978. The van der Waals surface area contributed by atoms with E-state index in [2.05, 4.69) is 4.98 Å². The van der Waals surface area contributed by atoms with Gasteiger partial charge < -0.3 is 14.4 Å². The van der Waals surface area contributed by atoms with Gasteiger partial charge in [-0.05, 0) is 26.0 Å². The summed E-state index contributed by atoms with van der Waals surface area (Å²) in [5.74, 6) is -0.910. The van der Waals surface area contributed by atoms with Crippen LogP contribution in [0.5, 0.6) is 0 Å². The smallest absolute Gasteiger partial charge is 0.313 e. The highest BCUT2D eigenvalue weighted by atomic mass is 35.5. The number of carbonyl (C=O) groups is 1. The Balaban J connectivity index is 2.39. The van der Waals surface area contributed by atoms with E-state index in [4.69, 9.17) is 21.4 Å². The fourth-order valence-electron chi connectivity index (χ4n) is 2.10. The monoisotopic (exact) mass is 328 g/mol. The summed E-state index contributed by atoms with van der Waals surface area (Å²) in [5, 5.41) is 10.1. The number of aromatic nitrogens is 2. The van der Waals surface area contributed by atoms with Gasteiger partial charge in [0.15, 0.2) is 5.16 Å². The van der Waals surface area contributed by atoms with Crippen LogP contribution in [0.4, 0.5) is 0 Å². The topological polar surface area (TPSA) is 64.3 Å². The number of rotatable bonds is 7. The Morgan fingerprint density at radius 1 is 1.57 bits per heavy atom. The van der Waals surface area contributed by atoms with Crippen molar-refractivity contribution in [1.82, 2.24) is 9.55 Å². The van der Waals surface area contributed by atoms with Gasteiger partial charge in [0.05, 0.1) is 28.9 Å². The SMILES string of the molecule is CCOC(C)Cn1c(SCC(=O)O)nc2c(Cl)cccc21. The maximum Gasteiger partial charge on any atom is 0.313 e. The number of hydrogen-bond acceptors (Lipinski definition) is 4. The number of thioether (sulfide) groups is 1. The minimum Gasteiger partial charge on any atom is -0.481 e. The Morgan fingerprint density at radius 3 is 3.00 bits per heavy atom. The number of halogens is 1. The first-order chi connectivity index (χ1) is 10.0. The molecule has 1 N–H and O–H groups in total. The van der Waals surface area contributed by atoms with Gasteiger partial charge in [-0.25, -0.2) is 4.98 Å². The highest BCUT2D eigenvalue weighted by Crippen LogP contribution is 2.29. The van der Waals surface area contributed by atoms with Crippen molar-refractivity contribution >= 4 is 40.4 Å². The van der Waals surface area contributed by atoms with Gasteiger partial charge in [0.2, 0.25) is 0 Å². The third-order valence-corrected chi connectivity index (χ3v) is 4.18. The van der Waals surface area contributed by atoms with Gasteiger partial charge in [0.1, 0.15) is 5.52 Å². The first-order valence-corrected chi connectivity index (χ1v) is 8.00. The lowest BCUT2D eigenvalue weighted by atomic mass is 10.3. The maximum atomic E-state index is 10.8. The lowest BCUT2D eigenvalue weighted by molar-refractivity contribution is -0.133. The molecule has 1 heterocycles. The summed E-state index contributed by atoms with van der Waals surface area (Å²) in [6.07, 6.45) is 0.00978. The largest absolute Gasteiger partial charge is 0.481 e. The molecule has 7 heteroatoms. The molecular weight excluding hydrogens is 312 g/mol. The molecule has 0 aliphatic rings. The molecule has 114 valence electrons. The Bertz CT molecular complexity index is 644. The number of carboxylic acid groups (broad SMARTS) is 1. The molecule has 0 fully saturated rings. The fourth-order valence-corrected chi connectivity index (χ4v) is 3.05. The van der Waals surface area contributed by atoms with E-state index in [1.54, 1.807) is 6.07 Å². The van der Waals surface area contributed by atoms with E-state index < -0.39 is 5.97 Å². The molecule has 1 unspecified atom stereocenters.